The number of carbonyl (C=O) groups excluding carboxylic acids is 1. The molecule has 0 aromatic carbocycles. The minimum absolute atomic E-state index is 0.169. The highest BCUT2D eigenvalue weighted by Crippen LogP contribution is 2.14. The molecule has 0 aliphatic carbocycles. The van der Waals surface area contributed by atoms with Gasteiger partial charge >= 0.3 is 11.9 Å². The van der Waals surface area contributed by atoms with Gasteiger partial charge in [-0.3, -0.25) is 4.68 Å². The third kappa shape index (κ3) is 3.57. The number of rotatable bonds is 7. The van der Waals surface area contributed by atoms with E-state index in [2.05, 4.69) is 5.10 Å². The lowest BCUT2D eigenvalue weighted by atomic mass is 9.95. The molecule has 0 amide bonds. The predicted molar refractivity (Wildman–Crippen MR) is 72.1 cm³/mol. The van der Waals surface area contributed by atoms with E-state index in [9.17, 15) is 14.7 Å². The van der Waals surface area contributed by atoms with E-state index < -0.39 is 17.5 Å². The Bertz CT molecular complexity index is 478. The van der Waals surface area contributed by atoms with Crippen LogP contribution in [0.25, 0.3) is 0 Å². The van der Waals surface area contributed by atoms with Gasteiger partial charge in [0.1, 0.15) is 0 Å². The SMILES string of the molecule is CCCCOC(=O)C(N)(Cc1cc(C)n(C)n1)C(=O)O. The van der Waals surface area contributed by atoms with Gasteiger partial charge in [-0.1, -0.05) is 13.3 Å². The molecule has 0 aliphatic rings. The Kier molecular flexibility index (Phi) is 5.26. The van der Waals surface area contributed by atoms with Crippen LogP contribution < -0.4 is 5.73 Å². The van der Waals surface area contributed by atoms with Crippen LogP contribution in [0.4, 0.5) is 0 Å². The Morgan fingerprint density at radius 1 is 1.55 bits per heavy atom. The third-order valence-electron chi connectivity index (χ3n) is 3.10. The molecule has 0 radical (unpaired) electrons. The molecule has 20 heavy (non-hydrogen) atoms. The largest absolute Gasteiger partial charge is 0.479 e. The van der Waals surface area contributed by atoms with Crippen molar-refractivity contribution < 1.29 is 19.4 Å². The number of carboxylic acid groups (broad SMARTS) is 1. The summed E-state index contributed by atoms with van der Waals surface area (Å²) in [7, 11) is 1.73. The van der Waals surface area contributed by atoms with Crippen LogP contribution in [0.2, 0.25) is 0 Å². The molecular formula is C13H21N3O4. The standard InChI is InChI=1S/C13H21N3O4/c1-4-5-6-20-12(19)13(14,11(17)18)8-10-7-9(2)16(3)15-10/h7H,4-6,8,14H2,1-3H3,(H,17,18). The summed E-state index contributed by atoms with van der Waals surface area (Å²) in [4.78, 5) is 23.2. The topological polar surface area (TPSA) is 107 Å². The molecule has 0 spiro atoms. The summed E-state index contributed by atoms with van der Waals surface area (Å²) in [6.07, 6.45) is 1.32. The summed E-state index contributed by atoms with van der Waals surface area (Å²) in [5.74, 6) is -2.34. The highest BCUT2D eigenvalue weighted by atomic mass is 16.5. The zero-order chi connectivity index (χ0) is 15.3. The maximum absolute atomic E-state index is 11.9. The van der Waals surface area contributed by atoms with Crippen LogP contribution in [0.5, 0.6) is 0 Å². The summed E-state index contributed by atoms with van der Waals surface area (Å²) >= 11 is 0. The lowest BCUT2D eigenvalue weighted by molar-refractivity contribution is -0.161. The van der Waals surface area contributed by atoms with Gasteiger partial charge in [0.05, 0.1) is 12.3 Å². The Morgan fingerprint density at radius 3 is 2.65 bits per heavy atom. The number of ether oxygens (including phenoxy) is 1. The molecule has 1 aromatic rings. The fourth-order valence-corrected chi connectivity index (χ4v) is 1.68. The van der Waals surface area contributed by atoms with Crippen LogP contribution in [0.15, 0.2) is 6.07 Å². The first-order valence-electron chi connectivity index (χ1n) is 6.50. The number of nitrogens with two attached hydrogens (primary N) is 1. The quantitative estimate of drug-likeness (QED) is 0.426. The number of hydrogen-bond donors (Lipinski definition) is 2. The molecule has 1 aromatic heterocycles. The normalized spacial score (nSPS) is 13.8. The van der Waals surface area contributed by atoms with Gasteiger partial charge in [-0.2, -0.15) is 5.10 Å². The Balaban J connectivity index is 2.85. The highest BCUT2D eigenvalue weighted by Gasteiger charge is 2.44. The van der Waals surface area contributed by atoms with E-state index in [1.54, 1.807) is 17.8 Å². The van der Waals surface area contributed by atoms with Crippen LogP contribution in [0.3, 0.4) is 0 Å². The summed E-state index contributed by atoms with van der Waals surface area (Å²) in [5.41, 5.74) is 4.93. The van der Waals surface area contributed by atoms with Crippen molar-refractivity contribution in [3.8, 4) is 0 Å². The van der Waals surface area contributed by atoms with Crippen LogP contribution in [0, 0.1) is 6.92 Å². The molecule has 3 N–H and O–H groups in total. The predicted octanol–water partition coefficient (Wildman–Crippen LogP) is 0.396. The lowest BCUT2D eigenvalue weighted by Crippen LogP contribution is -2.57. The van der Waals surface area contributed by atoms with E-state index >= 15 is 0 Å². The lowest BCUT2D eigenvalue weighted by Gasteiger charge is -2.21. The van der Waals surface area contributed by atoms with Crippen molar-refractivity contribution in [3.63, 3.8) is 0 Å². The van der Waals surface area contributed by atoms with E-state index in [0.29, 0.717) is 12.1 Å². The van der Waals surface area contributed by atoms with Gasteiger partial charge in [0, 0.05) is 19.2 Å². The second-order valence-corrected chi connectivity index (χ2v) is 4.84. The van der Waals surface area contributed by atoms with Gasteiger partial charge in [-0.05, 0) is 19.4 Å². The number of unbranched alkanes of at least 4 members (excludes halogenated alkanes) is 1. The van der Waals surface area contributed by atoms with Crippen molar-refractivity contribution in [2.45, 2.75) is 38.6 Å². The van der Waals surface area contributed by atoms with E-state index in [1.165, 1.54) is 0 Å². The first-order valence-corrected chi connectivity index (χ1v) is 6.50. The second-order valence-electron chi connectivity index (χ2n) is 4.84. The highest BCUT2D eigenvalue weighted by molar-refractivity contribution is 6.04. The average molecular weight is 283 g/mol. The van der Waals surface area contributed by atoms with Gasteiger partial charge in [-0.15, -0.1) is 0 Å². The molecule has 0 saturated carbocycles. The smallest absolute Gasteiger partial charge is 0.338 e. The summed E-state index contributed by atoms with van der Waals surface area (Å²) in [6.45, 7) is 3.94. The van der Waals surface area contributed by atoms with Gasteiger partial charge < -0.3 is 15.6 Å². The van der Waals surface area contributed by atoms with Crippen LogP contribution in [0.1, 0.15) is 31.2 Å². The van der Waals surface area contributed by atoms with Crippen LogP contribution in [-0.2, 0) is 27.8 Å². The van der Waals surface area contributed by atoms with E-state index in [-0.39, 0.29) is 13.0 Å². The molecule has 112 valence electrons. The molecule has 7 heteroatoms. The number of aliphatic carboxylic acids is 1. The maximum atomic E-state index is 11.9. The number of esters is 1. The molecule has 0 saturated heterocycles. The second kappa shape index (κ2) is 6.51. The Hall–Kier alpha value is -1.89. The molecule has 1 unspecified atom stereocenters. The number of carboxylic acids is 1. The molecule has 0 bridgehead atoms. The zero-order valence-electron chi connectivity index (χ0n) is 12.0. The maximum Gasteiger partial charge on any atom is 0.338 e. The Morgan fingerprint density at radius 2 is 2.20 bits per heavy atom. The fraction of sp³-hybridized carbons (Fsp3) is 0.615. The molecule has 0 aliphatic heterocycles. The number of aromatic nitrogens is 2. The monoisotopic (exact) mass is 283 g/mol. The first kappa shape index (κ1) is 16.2. The molecule has 0 fully saturated rings. The number of aryl methyl sites for hydroxylation is 2. The summed E-state index contributed by atoms with van der Waals surface area (Å²) in [5, 5.41) is 13.4. The molecule has 1 atom stereocenters. The Labute approximate surface area is 117 Å². The van der Waals surface area contributed by atoms with Crippen molar-refractivity contribution in [2.75, 3.05) is 6.61 Å². The van der Waals surface area contributed by atoms with Gasteiger partial charge in [0.15, 0.2) is 0 Å². The van der Waals surface area contributed by atoms with Crippen LogP contribution in [-0.4, -0.2) is 39.0 Å². The van der Waals surface area contributed by atoms with E-state index in [0.717, 1.165) is 12.1 Å². The fourth-order valence-electron chi connectivity index (χ4n) is 1.68. The number of carbonyl (C=O) groups is 2. The summed E-state index contributed by atoms with van der Waals surface area (Å²) in [6, 6.07) is 1.70. The van der Waals surface area contributed by atoms with E-state index in [4.69, 9.17) is 10.5 Å². The number of hydrogen-bond acceptors (Lipinski definition) is 5. The summed E-state index contributed by atoms with van der Waals surface area (Å²) < 4.78 is 6.54. The van der Waals surface area contributed by atoms with Crippen molar-refractivity contribution in [1.29, 1.82) is 0 Å². The zero-order valence-corrected chi connectivity index (χ0v) is 12.0. The molecule has 7 nitrogen and oxygen atoms in total. The van der Waals surface area contributed by atoms with Crippen molar-refractivity contribution >= 4 is 11.9 Å². The first-order chi connectivity index (χ1) is 9.31. The van der Waals surface area contributed by atoms with Gasteiger partial charge in [0.2, 0.25) is 5.54 Å². The minimum atomic E-state index is -2.10. The molecule has 1 heterocycles. The third-order valence-corrected chi connectivity index (χ3v) is 3.10. The molecule has 1 rings (SSSR count). The van der Waals surface area contributed by atoms with Crippen molar-refractivity contribution in [3.05, 3.63) is 17.5 Å². The number of nitrogens with zero attached hydrogens (tertiary/aromatic N) is 2. The van der Waals surface area contributed by atoms with Crippen molar-refractivity contribution in [2.24, 2.45) is 12.8 Å². The van der Waals surface area contributed by atoms with E-state index in [1.807, 2.05) is 13.8 Å². The van der Waals surface area contributed by atoms with Gasteiger partial charge in [0.25, 0.3) is 0 Å². The minimum Gasteiger partial charge on any atom is -0.479 e. The average Bonchev–Trinajstić information content (AvgIpc) is 2.67. The van der Waals surface area contributed by atoms with Gasteiger partial charge in [-0.25, -0.2) is 9.59 Å². The van der Waals surface area contributed by atoms with Crippen LogP contribution >= 0.6 is 0 Å². The molecular weight excluding hydrogens is 262 g/mol. The van der Waals surface area contributed by atoms with Crippen molar-refractivity contribution in [1.82, 2.24) is 9.78 Å².